The van der Waals surface area contributed by atoms with Crippen molar-refractivity contribution in [3.63, 3.8) is 0 Å². The molecule has 94 valence electrons. The zero-order chi connectivity index (χ0) is 13.0. The van der Waals surface area contributed by atoms with Crippen molar-refractivity contribution in [1.82, 2.24) is 20.1 Å². The van der Waals surface area contributed by atoms with Gasteiger partial charge in [0.05, 0.1) is 13.1 Å². The maximum atomic E-state index is 11.1. The van der Waals surface area contributed by atoms with Gasteiger partial charge in [-0.1, -0.05) is 30.3 Å². The number of benzene rings is 1. The Morgan fingerprint density at radius 1 is 1.33 bits per heavy atom. The molecular weight excluding hydrogens is 230 g/mol. The van der Waals surface area contributed by atoms with Gasteiger partial charge in [-0.05, 0) is 0 Å². The molecule has 6 nitrogen and oxygen atoms in total. The molecule has 18 heavy (non-hydrogen) atoms. The quantitative estimate of drug-likeness (QED) is 0.797. The van der Waals surface area contributed by atoms with Crippen molar-refractivity contribution < 1.29 is 4.79 Å². The summed E-state index contributed by atoms with van der Waals surface area (Å²) in [5, 5.41) is 10.8. The molecule has 3 N–H and O–H groups in total. The van der Waals surface area contributed by atoms with Crippen molar-refractivity contribution in [2.24, 2.45) is 12.8 Å². The largest absolute Gasteiger partial charge is 0.348 e. The average molecular weight is 245 g/mol. The lowest BCUT2D eigenvalue weighted by atomic mass is 10.2. The lowest BCUT2D eigenvalue weighted by Gasteiger charge is -2.05. The predicted molar refractivity (Wildman–Crippen MR) is 67.3 cm³/mol. The number of nitrogens with one attached hydrogen (secondary N) is 1. The summed E-state index contributed by atoms with van der Waals surface area (Å²) in [6, 6.07) is 9.76. The van der Waals surface area contributed by atoms with Crippen LogP contribution in [0.25, 0.3) is 11.4 Å². The van der Waals surface area contributed by atoms with Crippen molar-refractivity contribution in [3.8, 4) is 11.4 Å². The third-order valence-electron chi connectivity index (χ3n) is 2.63. The summed E-state index contributed by atoms with van der Waals surface area (Å²) in [6.07, 6.45) is 0. The topological polar surface area (TPSA) is 85.8 Å². The number of amides is 1. The van der Waals surface area contributed by atoms with Gasteiger partial charge in [-0.25, -0.2) is 0 Å². The van der Waals surface area contributed by atoms with Crippen LogP contribution in [0.1, 0.15) is 5.82 Å². The van der Waals surface area contributed by atoms with Gasteiger partial charge >= 0.3 is 0 Å². The van der Waals surface area contributed by atoms with Crippen LogP contribution >= 0.6 is 0 Å². The van der Waals surface area contributed by atoms with E-state index in [1.807, 2.05) is 41.9 Å². The van der Waals surface area contributed by atoms with Crippen molar-refractivity contribution in [1.29, 1.82) is 0 Å². The molecule has 0 spiro atoms. The molecule has 1 heterocycles. The SMILES string of the molecule is Cn1c(CNC(=O)CN)nnc1-c1ccccc1. The van der Waals surface area contributed by atoms with Crippen molar-refractivity contribution >= 4 is 5.91 Å². The van der Waals surface area contributed by atoms with Gasteiger partial charge < -0.3 is 15.6 Å². The number of hydrogen-bond acceptors (Lipinski definition) is 4. The molecule has 1 amide bonds. The highest BCUT2D eigenvalue weighted by atomic mass is 16.1. The van der Waals surface area contributed by atoms with E-state index in [1.54, 1.807) is 0 Å². The molecule has 0 radical (unpaired) electrons. The van der Waals surface area contributed by atoms with Gasteiger partial charge in [0.25, 0.3) is 0 Å². The third kappa shape index (κ3) is 2.54. The fraction of sp³-hybridized carbons (Fsp3) is 0.250. The van der Waals surface area contributed by atoms with E-state index in [-0.39, 0.29) is 12.5 Å². The molecule has 1 aromatic heterocycles. The highest BCUT2D eigenvalue weighted by molar-refractivity contribution is 5.77. The fourth-order valence-electron chi connectivity index (χ4n) is 1.60. The normalized spacial score (nSPS) is 10.3. The molecule has 0 fully saturated rings. The van der Waals surface area contributed by atoms with Crippen LogP contribution in [0.3, 0.4) is 0 Å². The van der Waals surface area contributed by atoms with Gasteiger partial charge in [-0.15, -0.1) is 10.2 Å². The Bertz CT molecular complexity index is 535. The monoisotopic (exact) mass is 245 g/mol. The highest BCUT2D eigenvalue weighted by Crippen LogP contribution is 2.16. The van der Waals surface area contributed by atoms with Gasteiger partial charge in [-0.3, -0.25) is 4.79 Å². The van der Waals surface area contributed by atoms with Crippen LogP contribution in [0, 0.1) is 0 Å². The minimum atomic E-state index is -0.209. The summed E-state index contributed by atoms with van der Waals surface area (Å²) in [6.45, 7) is 0.301. The molecule has 1 aromatic carbocycles. The Morgan fingerprint density at radius 3 is 2.72 bits per heavy atom. The fourth-order valence-corrected chi connectivity index (χ4v) is 1.60. The van der Waals surface area contributed by atoms with Crippen LogP contribution in [-0.2, 0) is 18.4 Å². The first-order chi connectivity index (χ1) is 8.72. The number of nitrogens with zero attached hydrogens (tertiary/aromatic N) is 3. The van der Waals surface area contributed by atoms with E-state index in [0.29, 0.717) is 12.4 Å². The van der Waals surface area contributed by atoms with Gasteiger partial charge in [0.2, 0.25) is 5.91 Å². The molecule has 0 atom stereocenters. The van der Waals surface area contributed by atoms with E-state index >= 15 is 0 Å². The van der Waals surface area contributed by atoms with Gasteiger partial charge in [0.15, 0.2) is 11.6 Å². The van der Waals surface area contributed by atoms with Crippen molar-refractivity contribution in [2.75, 3.05) is 6.54 Å². The minimum Gasteiger partial charge on any atom is -0.348 e. The van der Waals surface area contributed by atoms with Gasteiger partial charge in [0, 0.05) is 12.6 Å². The second kappa shape index (κ2) is 5.42. The first-order valence-corrected chi connectivity index (χ1v) is 5.63. The molecule has 6 heteroatoms. The standard InChI is InChI=1S/C12H15N5O/c1-17-10(8-14-11(18)7-13)15-16-12(17)9-5-3-2-4-6-9/h2-6H,7-8,13H2,1H3,(H,14,18). The second-order valence-electron chi connectivity index (χ2n) is 3.85. The van der Waals surface area contributed by atoms with Crippen LogP contribution in [-0.4, -0.2) is 27.2 Å². The van der Waals surface area contributed by atoms with Crippen LogP contribution in [0.4, 0.5) is 0 Å². The molecule has 0 aliphatic rings. The third-order valence-corrected chi connectivity index (χ3v) is 2.63. The van der Waals surface area contributed by atoms with E-state index in [0.717, 1.165) is 11.4 Å². The maximum Gasteiger partial charge on any atom is 0.234 e. The predicted octanol–water partition coefficient (Wildman–Crippen LogP) is 0.0570. The molecule has 0 saturated carbocycles. The number of aromatic nitrogens is 3. The molecule has 0 bridgehead atoms. The highest BCUT2D eigenvalue weighted by Gasteiger charge is 2.10. The van der Waals surface area contributed by atoms with E-state index in [9.17, 15) is 4.79 Å². The number of carbonyl (C=O) groups is 1. The summed E-state index contributed by atoms with van der Waals surface area (Å²) in [7, 11) is 1.87. The molecule has 2 rings (SSSR count). The van der Waals surface area contributed by atoms with E-state index < -0.39 is 0 Å². The Kier molecular flexibility index (Phi) is 3.69. The number of nitrogens with two attached hydrogens (primary N) is 1. The molecule has 0 saturated heterocycles. The maximum absolute atomic E-state index is 11.1. The van der Waals surface area contributed by atoms with E-state index in [2.05, 4.69) is 15.5 Å². The Balaban J connectivity index is 2.17. The zero-order valence-electron chi connectivity index (χ0n) is 10.1. The number of rotatable bonds is 4. The van der Waals surface area contributed by atoms with Crippen LogP contribution in [0.5, 0.6) is 0 Å². The Labute approximate surface area is 105 Å². The smallest absolute Gasteiger partial charge is 0.234 e. The summed E-state index contributed by atoms with van der Waals surface area (Å²) in [4.78, 5) is 11.1. The Hall–Kier alpha value is -2.21. The summed E-state index contributed by atoms with van der Waals surface area (Å²) in [5.74, 6) is 1.25. The summed E-state index contributed by atoms with van der Waals surface area (Å²) < 4.78 is 1.85. The first kappa shape index (κ1) is 12.3. The Morgan fingerprint density at radius 2 is 2.06 bits per heavy atom. The lowest BCUT2D eigenvalue weighted by molar-refractivity contribution is -0.119. The molecule has 0 unspecified atom stereocenters. The zero-order valence-corrected chi connectivity index (χ0v) is 10.1. The van der Waals surface area contributed by atoms with Crippen LogP contribution in [0.2, 0.25) is 0 Å². The molecular formula is C12H15N5O. The van der Waals surface area contributed by atoms with Gasteiger partial charge in [0.1, 0.15) is 0 Å². The average Bonchev–Trinajstić information content (AvgIpc) is 2.78. The lowest BCUT2D eigenvalue weighted by Crippen LogP contribution is -2.30. The second-order valence-corrected chi connectivity index (χ2v) is 3.85. The summed E-state index contributed by atoms with van der Waals surface area (Å²) in [5.41, 5.74) is 6.21. The summed E-state index contributed by atoms with van der Waals surface area (Å²) >= 11 is 0. The number of hydrogen-bond donors (Lipinski definition) is 2. The number of carbonyl (C=O) groups excluding carboxylic acids is 1. The first-order valence-electron chi connectivity index (χ1n) is 5.63. The molecule has 0 aliphatic heterocycles. The molecule has 0 aliphatic carbocycles. The van der Waals surface area contributed by atoms with E-state index in [4.69, 9.17) is 5.73 Å². The van der Waals surface area contributed by atoms with Gasteiger partial charge in [-0.2, -0.15) is 0 Å². The van der Waals surface area contributed by atoms with Crippen molar-refractivity contribution in [2.45, 2.75) is 6.54 Å². The van der Waals surface area contributed by atoms with Crippen molar-refractivity contribution in [3.05, 3.63) is 36.2 Å². The van der Waals surface area contributed by atoms with Crippen LogP contribution < -0.4 is 11.1 Å². The van der Waals surface area contributed by atoms with Crippen LogP contribution in [0.15, 0.2) is 30.3 Å². The van der Waals surface area contributed by atoms with E-state index in [1.165, 1.54) is 0 Å². The minimum absolute atomic E-state index is 0.0244. The molecule has 2 aromatic rings.